The molecular weight excluding hydrogens is 288 g/mol. The smallest absolute Gasteiger partial charge is 0.240 e. The Kier molecular flexibility index (Phi) is 4.82. The van der Waals surface area contributed by atoms with E-state index in [-0.39, 0.29) is 5.91 Å². The van der Waals surface area contributed by atoms with Gasteiger partial charge in [-0.25, -0.2) is 0 Å². The number of hydrogen-bond acceptors (Lipinski definition) is 2. The zero-order chi connectivity index (χ0) is 15.2. The van der Waals surface area contributed by atoms with Crippen molar-refractivity contribution in [2.75, 3.05) is 11.9 Å². The van der Waals surface area contributed by atoms with E-state index in [1.165, 1.54) is 4.90 Å². The summed E-state index contributed by atoms with van der Waals surface area (Å²) in [4.78, 5) is 16.8. The highest BCUT2D eigenvalue weighted by Gasteiger charge is 2.23. The highest BCUT2D eigenvalue weighted by atomic mass is 35.5. The van der Waals surface area contributed by atoms with Gasteiger partial charge in [-0.3, -0.25) is 4.79 Å². The molecule has 2 aromatic rings. The Morgan fingerprint density at radius 2 is 1.81 bits per heavy atom. The Morgan fingerprint density at radius 1 is 1.19 bits per heavy atom. The number of rotatable bonds is 4. The number of anilines is 1. The summed E-state index contributed by atoms with van der Waals surface area (Å²) in [6, 6.07) is 14.9. The number of nitrogens with zero attached hydrogens (tertiary/aromatic N) is 4. The van der Waals surface area contributed by atoms with E-state index in [9.17, 15) is 4.79 Å². The third-order valence-corrected chi connectivity index (χ3v) is 3.31. The summed E-state index contributed by atoms with van der Waals surface area (Å²) in [5, 5.41) is 4.17. The van der Waals surface area contributed by atoms with Crippen LogP contribution >= 0.6 is 11.6 Å². The van der Waals surface area contributed by atoms with Gasteiger partial charge in [-0.15, -0.1) is 0 Å². The second-order valence-corrected chi connectivity index (χ2v) is 4.83. The molecule has 0 aliphatic carbocycles. The maximum absolute atomic E-state index is 12.5. The molecule has 0 saturated carbocycles. The van der Waals surface area contributed by atoms with Gasteiger partial charge in [0.1, 0.15) is 6.04 Å². The van der Waals surface area contributed by atoms with Crippen molar-refractivity contribution in [2.45, 2.75) is 6.04 Å². The summed E-state index contributed by atoms with van der Waals surface area (Å²) in [6.07, 6.45) is 0. The summed E-state index contributed by atoms with van der Waals surface area (Å²) < 4.78 is 0. The molecule has 0 aliphatic rings. The van der Waals surface area contributed by atoms with Crippen molar-refractivity contribution >= 4 is 23.2 Å². The van der Waals surface area contributed by atoms with Gasteiger partial charge in [0.25, 0.3) is 0 Å². The van der Waals surface area contributed by atoms with Crippen molar-refractivity contribution in [1.82, 2.24) is 0 Å². The SMILES string of the molecule is CN(C(=O)C(N=[N+]=[N-])c1ccc(Cl)cc1)c1ccccc1. The van der Waals surface area contributed by atoms with Crippen LogP contribution in [0, 0.1) is 0 Å². The molecule has 0 bridgehead atoms. The fourth-order valence-electron chi connectivity index (χ4n) is 1.92. The number of carbonyl (C=O) groups is 1. The lowest BCUT2D eigenvalue weighted by Crippen LogP contribution is -2.30. The Labute approximate surface area is 127 Å². The molecule has 0 heterocycles. The lowest BCUT2D eigenvalue weighted by Gasteiger charge is -2.21. The molecule has 1 unspecified atom stereocenters. The fraction of sp³-hybridized carbons (Fsp3) is 0.133. The topological polar surface area (TPSA) is 69.1 Å². The van der Waals surface area contributed by atoms with Crippen LogP contribution in [0.1, 0.15) is 11.6 Å². The van der Waals surface area contributed by atoms with Gasteiger partial charge in [0, 0.05) is 22.7 Å². The van der Waals surface area contributed by atoms with E-state index in [0.29, 0.717) is 10.6 Å². The molecule has 0 aromatic heterocycles. The van der Waals surface area contributed by atoms with Crippen LogP contribution in [0.25, 0.3) is 10.4 Å². The van der Waals surface area contributed by atoms with Gasteiger partial charge in [0.05, 0.1) is 0 Å². The number of para-hydroxylation sites is 1. The van der Waals surface area contributed by atoms with E-state index in [1.807, 2.05) is 30.3 Å². The van der Waals surface area contributed by atoms with Crippen molar-refractivity contribution in [2.24, 2.45) is 5.11 Å². The standard InChI is InChI=1S/C15H13ClN4O/c1-20(13-5-3-2-4-6-13)15(21)14(18-19-17)11-7-9-12(16)10-8-11/h2-10,14H,1H3. The first-order valence-electron chi connectivity index (χ1n) is 6.26. The molecule has 5 nitrogen and oxygen atoms in total. The van der Waals surface area contributed by atoms with Crippen LogP contribution in [-0.2, 0) is 4.79 Å². The molecule has 2 rings (SSSR count). The second kappa shape index (κ2) is 6.79. The Balaban J connectivity index is 2.32. The molecule has 0 radical (unpaired) electrons. The molecule has 2 aromatic carbocycles. The number of benzene rings is 2. The first-order valence-corrected chi connectivity index (χ1v) is 6.63. The number of carbonyl (C=O) groups excluding carboxylic acids is 1. The lowest BCUT2D eigenvalue weighted by atomic mass is 10.1. The van der Waals surface area contributed by atoms with Crippen LogP contribution in [0.2, 0.25) is 5.02 Å². The Morgan fingerprint density at radius 3 is 2.38 bits per heavy atom. The van der Waals surface area contributed by atoms with E-state index in [4.69, 9.17) is 17.1 Å². The maximum Gasteiger partial charge on any atom is 0.240 e. The van der Waals surface area contributed by atoms with Crippen LogP contribution in [0.4, 0.5) is 5.69 Å². The quantitative estimate of drug-likeness (QED) is 0.470. The highest BCUT2D eigenvalue weighted by molar-refractivity contribution is 6.30. The summed E-state index contributed by atoms with van der Waals surface area (Å²) in [7, 11) is 1.65. The molecule has 106 valence electrons. The van der Waals surface area contributed by atoms with Crippen molar-refractivity contribution in [3.05, 3.63) is 75.6 Å². The van der Waals surface area contributed by atoms with Crippen molar-refractivity contribution in [3.63, 3.8) is 0 Å². The van der Waals surface area contributed by atoms with Crippen LogP contribution in [0.5, 0.6) is 0 Å². The monoisotopic (exact) mass is 300 g/mol. The molecule has 21 heavy (non-hydrogen) atoms. The number of likely N-dealkylation sites (N-methyl/N-ethyl adjacent to an activating group) is 1. The molecule has 0 spiro atoms. The van der Waals surface area contributed by atoms with Gasteiger partial charge in [-0.1, -0.05) is 47.0 Å². The molecule has 0 N–H and O–H groups in total. The number of hydrogen-bond donors (Lipinski definition) is 0. The summed E-state index contributed by atoms with van der Waals surface area (Å²) in [6.45, 7) is 0. The molecule has 1 amide bonds. The highest BCUT2D eigenvalue weighted by Crippen LogP contribution is 2.24. The van der Waals surface area contributed by atoms with Crippen LogP contribution in [0.3, 0.4) is 0 Å². The summed E-state index contributed by atoms with van der Waals surface area (Å²) in [5.41, 5.74) is 10.0. The molecule has 0 saturated heterocycles. The minimum absolute atomic E-state index is 0.304. The largest absolute Gasteiger partial charge is 0.315 e. The van der Waals surface area contributed by atoms with E-state index in [2.05, 4.69) is 10.0 Å². The minimum atomic E-state index is -0.919. The van der Waals surface area contributed by atoms with Gasteiger partial charge in [0.2, 0.25) is 5.91 Å². The maximum atomic E-state index is 12.5. The molecular formula is C15H13ClN4O. The number of azide groups is 1. The summed E-state index contributed by atoms with van der Waals surface area (Å²) >= 11 is 5.83. The zero-order valence-electron chi connectivity index (χ0n) is 11.3. The fourth-order valence-corrected chi connectivity index (χ4v) is 2.04. The molecule has 6 heteroatoms. The average Bonchev–Trinajstić information content (AvgIpc) is 2.53. The van der Waals surface area contributed by atoms with Crippen molar-refractivity contribution in [1.29, 1.82) is 0 Å². The lowest BCUT2D eigenvalue weighted by molar-refractivity contribution is -0.119. The van der Waals surface area contributed by atoms with Gasteiger partial charge in [-0.05, 0) is 35.4 Å². The van der Waals surface area contributed by atoms with Gasteiger partial charge >= 0.3 is 0 Å². The van der Waals surface area contributed by atoms with E-state index >= 15 is 0 Å². The van der Waals surface area contributed by atoms with E-state index in [0.717, 1.165) is 5.69 Å². The summed E-state index contributed by atoms with van der Waals surface area (Å²) in [5.74, 6) is -0.304. The van der Waals surface area contributed by atoms with Crippen molar-refractivity contribution < 1.29 is 4.79 Å². The van der Waals surface area contributed by atoms with Crippen LogP contribution in [-0.4, -0.2) is 13.0 Å². The first-order chi connectivity index (χ1) is 10.1. The third-order valence-electron chi connectivity index (χ3n) is 3.06. The van der Waals surface area contributed by atoms with Gasteiger partial charge < -0.3 is 4.90 Å². The average molecular weight is 301 g/mol. The van der Waals surface area contributed by atoms with Crippen LogP contribution in [0.15, 0.2) is 59.7 Å². The predicted octanol–water partition coefficient (Wildman–Crippen LogP) is 4.35. The Bertz CT molecular complexity index is 666. The van der Waals surface area contributed by atoms with Gasteiger partial charge in [0.15, 0.2) is 0 Å². The third kappa shape index (κ3) is 3.54. The van der Waals surface area contributed by atoms with E-state index in [1.54, 1.807) is 31.3 Å². The number of amides is 1. The van der Waals surface area contributed by atoms with Crippen LogP contribution < -0.4 is 4.90 Å². The van der Waals surface area contributed by atoms with Crippen molar-refractivity contribution in [3.8, 4) is 0 Å². The minimum Gasteiger partial charge on any atom is -0.315 e. The molecule has 1 atom stereocenters. The zero-order valence-corrected chi connectivity index (χ0v) is 12.1. The number of halogens is 1. The second-order valence-electron chi connectivity index (χ2n) is 4.39. The van der Waals surface area contributed by atoms with E-state index < -0.39 is 6.04 Å². The Hall–Kier alpha value is -2.49. The predicted molar refractivity (Wildman–Crippen MR) is 83.2 cm³/mol. The molecule has 0 fully saturated rings. The first kappa shape index (κ1) is 14.9. The normalized spacial score (nSPS) is 11.3. The van der Waals surface area contributed by atoms with Gasteiger partial charge in [-0.2, -0.15) is 0 Å². The molecule has 0 aliphatic heterocycles.